The highest BCUT2D eigenvalue weighted by atomic mass is 32.2. The monoisotopic (exact) mass is 412 g/mol. The van der Waals surface area contributed by atoms with Crippen molar-refractivity contribution in [1.29, 1.82) is 0 Å². The number of hydrogen-bond acceptors (Lipinski definition) is 6. The lowest BCUT2D eigenvalue weighted by Crippen LogP contribution is -2.38. The molecule has 0 saturated carbocycles. The lowest BCUT2D eigenvalue weighted by atomic mass is 10.1. The van der Waals surface area contributed by atoms with Gasteiger partial charge in [0.05, 0.1) is 37.5 Å². The molecule has 1 amide bonds. The summed E-state index contributed by atoms with van der Waals surface area (Å²) in [4.78, 5) is 18.5. The highest BCUT2D eigenvalue weighted by Gasteiger charge is 2.50. The van der Waals surface area contributed by atoms with E-state index in [1.54, 1.807) is 32.4 Å². The quantitative estimate of drug-likeness (QED) is 0.734. The first-order valence-electron chi connectivity index (χ1n) is 8.74. The van der Waals surface area contributed by atoms with Crippen LogP contribution in [-0.2, 0) is 14.6 Å². The SMILES string of the molecule is COc1ccc(OC)c(N2C(=NC(=O)CC(C)C)S[C@@H]3CS(=O)(=O)C[C@H]32)c1. The van der Waals surface area contributed by atoms with Crippen molar-refractivity contribution >= 4 is 38.4 Å². The van der Waals surface area contributed by atoms with E-state index >= 15 is 0 Å². The van der Waals surface area contributed by atoms with Crippen molar-refractivity contribution in [3.8, 4) is 11.5 Å². The van der Waals surface area contributed by atoms with Crippen LogP contribution in [-0.4, -0.2) is 56.5 Å². The molecule has 27 heavy (non-hydrogen) atoms. The molecule has 0 aliphatic carbocycles. The number of carbonyl (C=O) groups is 1. The highest BCUT2D eigenvalue weighted by molar-refractivity contribution is 8.16. The number of aliphatic imine (C=N–C) groups is 1. The Kier molecular flexibility index (Phi) is 5.71. The first kappa shape index (κ1) is 20.0. The van der Waals surface area contributed by atoms with Crippen LogP contribution in [0.1, 0.15) is 20.3 Å². The Morgan fingerprint density at radius 3 is 2.67 bits per heavy atom. The van der Waals surface area contributed by atoms with Crippen LogP contribution in [0.4, 0.5) is 5.69 Å². The molecular formula is C18H24N2O5S2. The molecule has 0 spiro atoms. The van der Waals surface area contributed by atoms with Crippen LogP contribution in [0.2, 0.25) is 0 Å². The number of amidine groups is 1. The second-order valence-corrected chi connectivity index (χ2v) is 10.5. The summed E-state index contributed by atoms with van der Waals surface area (Å²) in [7, 11) is -0.00956. The molecule has 3 rings (SSSR count). The van der Waals surface area contributed by atoms with Crippen LogP contribution in [0.25, 0.3) is 0 Å². The van der Waals surface area contributed by atoms with Crippen LogP contribution in [0, 0.1) is 5.92 Å². The Hall–Kier alpha value is -1.74. The zero-order valence-electron chi connectivity index (χ0n) is 15.8. The van der Waals surface area contributed by atoms with E-state index in [2.05, 4.69) is 4.99 Å². The van der Waals surface area contributed by atoms with Gasteiger partial charge in [-0.15, -0.1) is 0 Å². The summed E-state index contributed by atoms with van der Waals surface area (Å²) in [6.45, 7) is 3.92. The number of carbonyl (C=O) groups excluding carboxylic acids is 1. The summed E-state index contributed by atoms with van der Waals surface area (Å²) in [5, 5.41) is 0.369. The molecule has 7 nitrogen and oxygen atoms in total. The highest BCUT2D eigenvalue weighted by Crippen LogP contribution is 2.45. The molecule has 0 unspecified atom stereocenters. The zero-order chi connectivity index (χ0) is 19.8. The van der Waals surface area contributed by atoms with Gasteiger partial charge in [-0.05, 0) is 18.1 Å². The predicted molar refractivity (Wildman–Crippen MR) is 108 cm³/mol. The topological polar surface area (TPSA) is 85.3 Å². The number of methoxy groups -OCH3 is 2. The van der Waals surface area contributed by atoms with Crippen LogP contribution in [0.3, 0.4) is 0 Å². The average Bonchev–Trinajstić information content (AvgIpc) is 3.04. The van der Waals surface area contributed by atoms with Gasteiger partial charge < -0.3 is 14.4 Å². The van der Waals surface area contributed by atoms with E-state index in [1.165, 1.54) is 11.8 Å². The standard InChI is InChI=1S/C18H24N2O5S2/c1-11(2)7-17(21)19-18-20(14-9-27(22,23)10-16(14)26-18)13-8-12(24-3)5-6-15(13)25-4/h5-6,8,11,14,16H,7,9-10H2,1-4H3/t14-,16-/m1/s1. The van der Waals surface area contributed by atoms with Crippen LogP contribution in [0.5, 0.6) is 11.5 Å². The first-order chi connectivity index (χ1) is 12.7. The van der Waals surface area contributed by atoms with Crippen molar-refractivity contribution in [2.45, 2.75) is 31.6 Å². The molecule has 2 aliphatic rings. The molecule has 0 N–H and O–H groups in total. The van der Waals surface area contributed by atoms with Gasteiger partial charge in [0.25, 0.3) is 0 Å². The summed E-state index contributed by atoms with van der Waals surface area (Å²) in [6, 6.07) is 5.04. The number of benzene rings is 1. The third kappa shape index (κ3) is 4.24. The maximum absolute atomic E-state index is 12.3. The molecule has 2 aliphatic heterocycles. The van der Waals surface area contributed by atoms with Gasteiger partial charge in [-0.3, -0.25) is 4.79 Å². The van der Waals surface area contributed by atoms with Crippen LogP contribution >= 0.6 is 11.8 Å². The fraction of sp³-hybridized carbons (Fsp3) is 0.556. The van der Waals surface area contributed by atoms with E-state index in [0.717, 1.165) is 0 Å². The molecule has 2 atom stereocenters. The first-order valence-corrected chi connectivity index (χ1v) is 11.4. The summed E-state index contributed by atoms with van der Waals surface area (Å²) < 4.78 is 35.1. The maximum atomic E-state index is 12.3. The Morgan fingerprint density at radius 1 is 1.30 bits per heavy atom. The number of hydrogen-bond donors (Lipinski definition) is 0. The molecule has 1 aromatic carbocycles. The molecule has 2 saturated heterocycles. The number of nitrogens with zero attached hydrogens (tertiary/aromatic N) is 2. The summed E-state index contributed by atoms with van der Waals surface area (Å²) >= 11 is 1.35. The van der Waals surface area contributed by atoms with Gasteiger partial charge >= 0.3 is 0 Å². The average molecular weight is 413 g/mol. The Morgan fingerprint density at radius 2 is 2.04 bits per heavy atom. The van der Waals surface area contributed by atoms with Crippen LogP contribution in [0.15, 0.2) is 23.2 Å². The molecule has 0 bridgehead atoms. The van der Waals surface area contributed by atoms with Crippen molar-refractivity contribution in [3.05, 3.63) is 18.2 Å². The van der Waals surface area contributed by atoms with Gasteiger partial charge in [0, 0.05) is 17.7 Å². The van der Waals surface area contributed by atoms with E-state index < -0.39 is 9.84 Å². The Bertz CT molecular complexity index is 867. The van der Waals surface area contributed by atoms with Crippen molar-refractivity contribution in [2.75, 3.05) is 30.6 Å². The molecule has 2 fully saturated rings. The molecule has 148 valence electrons. The number of fused-ring (bicyclic) bond motifs is 1. The van der Waals surface area contributed by atoms with E-state index in [9.17, 15) is 13.2 Å². The zero-order valence-corrected chi connectivity index (χ0v) is 17.5. The van der Waals surface area contributed by atoms with Gasteiger partial charge in [0.15, 0.2) is 15.0 Å². The Balaban J connectivity index is 2.06. The number of sulfone groups is 1. The number of rotatable bonds is 5. The number of ether oxygens (including phenoxy) is 2. The number of thioether (sulfide) groups is 1. The molecule has 0 radical (unpaired) electrons. The maximum Gasteiger partial charge on any atom is 0.248 e. The fourth-order valence-electron chi connectivity index (χ4n) is 3.33. The normalized spacial score (nSPS) is 25.1. The molecule has 0 aromatic heterocycles. The fourth-order valence-corrected chi connectivity index (χ4v) is 7.26. The molecule has 2 heterocycles. The van der Waals surface area contributed by atoms with Gasteiger partial charge in [-0.1, -0.05) is 25.6 Å². The summed E-state index contributed by atoms with van der Waals surface area (Å²) in [5.41, 5.74) is 0.657. The van der Waals surface area contributed by atoms with Crippen molar-refractivity contribution in [2.24, 2.45) is 10.9 Å². The van der Waals surface area contributed by atoms with Crippen molar-refractivity contribution in [3.63, 3.8) is 0 Å². The Labute approximate surface area is 164 Å². The van der Waals surface area contributed by atoms with Crippen molar-refractivity contribution in [1.82, 2.24) is 0 Å². The van der Waals surface area contributed by atoms with Gasteiger partial charge in [0.2, 0.25) is 5.91 Å². The lowest BCUT2D eigenvalue weighted by Gasteiger charge is -2.26. The minimum atomic E-state index is -3.13. The summed E-state index contributed by atoms with van der Waals surface area (Å²) in [6.07, 6.45) is 0.348. The summed E-state index contributed by atoms with van der Waals surface area (Å²) in [5.74, 6) is 1.30. The predicted octanol–water partition coefficient (Wildman–Crippen LogP) is 2.35. The largest absolute Gasteiger partial charge is 0.497 e. The minimum absolute atomic E-state index is 0.0302. The third-order valence-corrected chi connectivity index (χ3v) is 7.73. The molecule has 9 heteroatoms. The third-order valence-electron chi connectivity index (χ3n) is 4.52. The van der Waals surface area contributed by atoms with E-state index in [4.69, 9.17) is 9.47 Å². The van der Waals surface area contributed by atoms with Crippen molar-refractivity contribution < 1.29 is 22.7 Å². The van der Waals surface area contributed by atoms with Gasteiger partial charge in [0.1, 0.15) is 11.5 Å². The number of amides is 1. The van der Waals surface area contributed by atoms with Gasteiger partial charge in [-0.2, -0.15) is 4.99 Å². The minimum Gasteiger partial charge on any atom is -0.497 e. The smallest absolute Gasteiger partial charge is 0.248 e. The molecule has 1 aromatic rings. The van der Waals surface area contributed by atoms with Gasteiger partial charge in [-0.25, -0.2) is 8.42 Å². The van der Waals surface area contributed by atoms with E-state index in [0.29, 0.717) is 28.8 Å². The van der Waals surface area contributed by atoms with E-state index in [1.807, 2.05) is 18.7 Å². The molecular weight excluding hydrogens is 388 g/mol. The van der Waals surface area contributed by atoms with Crippen LogP contribution < -0.4 is 14.4 Å². The second kappa shape index (κ2) is 7.71. The number of anilines is 1. The second-order valence-electron chi connectivity index (χ2n) is 7.09. The van der Waals surface area contributed by atoms with E-state index in [-0.39, 0.29) is 34.6 Å². The lowest BCUT2D eigenvalue weighted by molar-refractivity contribution is -0.118.